The molecule has 242 valence electrons. The molecule has 3 heterocycles. The molecule has 0 aliphatic rings. The summed E-state index contributed by atoms with van der Waals surface area (Å²) in [7, 11) is 0. The molecule has 0 atom stereocenters. The van der Waals surface area contributed by atoms with E-state index in [1.807, 2.05) is 12.1 Å². The molecular weight excluding hydrogens is 637 g/mol. The van der Waals surface area contributed by atoms with E-state index < -0.39 is 0 Å². The van der Waals surface area contributed by atoms with Crippen molar-refractivity contribution in [1.82, 2.24) is 19.5 Å². The van der Waals surface area contributed by atoms with Crippen LogP contribution in [0.25, 0.3) is 105 Å². The fraction of sp³-hybridized carbons (Fsp3) is 0. The predicted molar refractivity (Wildman–Crippen MR) is 213 cm³/mol. The lowest BCUT2D eigenvalue weighted by Gasteiger charge is -2.12. The Balaban J connectivity index is 1.11. The lowest BCUT2D eigenvalue weighted by Crippen LogP contribution is -2.01. The van der Waals surface area contributed by atoms with Crippen molar-refractivity contribution in [2.75, 3.05) is 0 Å². The summed E-state index contributed by atoms with van der Waals surface area (Å²) >= 11 is 0. The van der Waals surface area contributed by atoms with Gasteiger partial charge in [-0.3, -0.25) is 0 Å². The van der Waals surface area contributed by atoms with Crippen molar-refractivity contribution < 1.29 is 4.42 Å². The van der Waals surface area contributed by atoms with Crippen molar-refractivity contribution in [3.8, 4) is 39.9 Å². The molecule has 0 saturated heterocycles. The topological polar surface area (TPSA) is 56.7 Å². The second-order valence-corrected chi connectivity index (χ2v) is 13.3. The molecule has 0 bridgehead atoms. The van der Waals surface area contributed by atoms with Crippen LogP contribution in [0.1, 0.15) is 0 Å². The molecule has 0 aliphatic heterocycles. The van der Waals surface area contributed by atoms with E-state index in [1.165, 1.54) is 16.2 Å². The van der Waals surface area contributed by atoms with Crippen molar-refractivity contribution in [1.29, 1.82) is 0 Å². The third-order valence-electron chi connectivity index (χ3n) is 10.2. The van der Waals surface area contributed by atoms with Crippen molar-refractivity contribution >= 4 is 65.3 Å². The maximum Gasteiger partial charge on any atom is 0.164 e. The van der Waals surface area contributed by atoms with Crippen LogP contribution in [0.4, 0.5) is 0 Å². The van der Waals surface area contributed by atoms with Gasteiger partial charge >= 0.3 is 0 Å². The first-order chi connectivity index (χ1) is 25.7. The van der Waals surface area contributed by atoms with Gasteiger partial charge in [-0.2, -0.15) is 0 Å². The van der Waals surface area contributed by atoms with Gasteiger partial charge in [0.05, 0.1) is 11.0 Å². The van der Waals surface area contributed by atoms with Crippen molar-refractivity contribution in [3.63, 3.8) is 0 Å². The third-order valence-corrected chi connectivity index (χ3v) is 10.2. The van der Waals surface area contributed by atoms with Crippen LogP contribution in [0.3, 0.4) is 0 Å². The van der Waals surface area contributed by atoms with Crippen LogP contribution in [0.15, 0.2) is 174 Å². The first-order valence-electron chi connectivity index (χ1n) is 17.4. The summed E-state index contributed by atoms with van der Waals surface area (Å²) in [5, 5.41) is 9.15. The van der Waals surface area contributed by atoms with E-state index in [0.717, 1.165) is 71.5 Å². The zero-order valence-corrected chi connectivity index (χ0v) is 27.9. The molecule has 11 aromatic rings. The molecule has 0 N–H and O–H groups in total. The van der Waals surface area contributed by atoms with Crippen molar-refractivity contribution in [2.45, 2.75) is 0 Å². The Bertz CT molecular complexity index is 3150. The number of rotatable bonds is 4. The van der Waals surface area contributed by atoms with Crippen LogP contribution < -0.4 is 0 Å². The summed E-state index contributed by atoms with van der Waals surface area (Å²) in [5.74, 6) is 1.87. The quantitative estimate of drug-likeness (QED) is 0.188. The summed E-state index contributed by atoms with van der Waals surface area (Å²) in [6.45, 7) is 0. The number of hydrogen-bond donors (Lipinski definition) is 0. The third kappa shape index (κ3) is 4.53. The molecule has 0 radical (unpaired) electrons. The molecule has 0 aliphatic carbocycles. The highest BCUT2D eigenvalue weighted by atomic mass is 16.3. The van der Waals surface area contributed by atoms with Gasteiger partial charge in [-0.05, 0) is 76.1 Å². The predicted octanol–water partition coefficient (Wildman–Crippen LogP) is 12.2. The number of benzene rings is 8. The normalized spacial score (nSPS) is 11.8. The molecule has 8 aromatic carbocycles. The van der Waals surface area contributed by atoms with E-state index in [0.29, 0.717) is 17.5 Å². The Labute approximate surface area is 298 Å². The summed E-state index contributed by atoms with van der Waals surface area (Å²) in [6, 6.07) is 59.3. The van der Waals surface area contributed by atoms with Gasteiger partial charge < -0.3 is 8.98 Å². The van der Waals surface area contributed by atoms with Gasteiger partial charge in [-0.25, -0.2) is 15.0 Å². The maximum absolute atomic E-state index is 6.18. The number of nitrogens with zero attached hydrogens (tertiary/aromatic N) is 4. The Morgan fingerprint density at radius 2 is 0.904 bits per heavy atom. The minimum atomic E-state index is 0.618. The standard InChI is InChI=1S/C47H28N4O/c1-2-11-30-24-33(22-20-29(30)10-1)46-48-45(32-12-9-13-36(26-32)51-41-17-6-3-14-37(41)38-15-4-7-18-42(38)51)49-47(50-46)34-23-21-31-28-44-40(27-35(31)25-34)39-16-5-8-19-43(39)52-44/h1-28H. The Hall–Kier alpha value is -7.11. The fourth-order valence-corrected chi connectivity index (χ4v) is 7.68. The number of fused-ring (bicyclic) bond motifs is 8. The van der Waals surface area contributed by atoms with Gasteiger partial charge in [-0.15, -0.1) is 0 Å². The van der Waals surface area contributed by atoms with E-state index in [2.05, 4.69) is 162 Å². The van der Waals surface area contributed by atoms with Crippen LogP contribution in [-0.2, 0) is 0 Å². The smallest absolute Gasteiger partial charge is 0.164 e. The van der Waals surface area contributed by atoms with Crippen LogP contribution in [-0.4, -0.2) is 19.5 Å². The van der Waals surface area contributed by atoms with E-state index in [4.69, 9.17) is 19.4 Å². The molecule has 0 saturated carbocycles. The zero-order chi connectivity index (χ0) is 34.2. The average Bonchev–Trinajstić information content (AvgIpc) is 3.74. The monoisotopic (exact) mass is 664 g/mol. The van der Waals surface area contributed by atoms with Gasteiger partial charge in [0, 0.05) is 43.9 Å². The highest BCUT2D eigenvalue weighted by molar-refractivity contribution is 6.11. The largest absolute Gasteiger partial charge is 0.456 e. The number of hydrogen-bond acceptors (Lipinski definition) is 4. The minimum absolute atomic E-state index is 0.618. The van der Waals surface area contributed by atoms with Crippen LogP contribution >= 0.6 is 0 Å². The molecule has 3 aromatic heterocycles. The van der Waals surface area contributed by atoms with Gasteiger partial charge in [0.15, 0.2) is 17.5 Å². The van der Waals surface area contributed by atoms with Crippen LogP contribution in [0.2, 0.25) is 0 Å². The second kappa shape index (κ2) is 11.2. The maximum atomic E-state index is 6.18. The molecule has 0 spiro atoms. The number of para-hydroxylation sites is 3. The summed E-state index contributed by atoms with van der Waals surface area (Å²) in [5.41, 5.74) is 7.90. The lowest BCUT2D eigenvalue weighted by molar-refractivity contribution is 0.669. The lowest BCUT2D eigenvalue weighted by atomic mass is 10.0. The van der Waals surface area contributed by atoms with Gasteiger partial charge in [0.2, 0.25) is 0 Å². The van der Waals surface area contributed by atoms with Gasteiger partial charge in [0.25, 0.3) is 0 Å². The van der Waals surface area contributed by atoms with E-state index in [-0.39, 0.29) is 0 Å². The van der Waals surface area contributed by atoms with Gasteiger partial charge in [0.1, 0.15) is 11.2 Å². The summed E-state index contributed by atoms with van der Waals surface area (Å²) in [6.07, 6.45) is 0. The Morgan fingerprint density at radius 1 is 0.346 bits per heavy atom. The SMILES string of the molecule is c1cc(-c2nc(-c3ccc4ccccc4c3)nc(-c3ccc4cc5oc6ccccc6c5cc4c3)n2)cc(-n2c3ccccc3c3ccccc32)c1. The first-order valence-corrected chi connectivity index (χ1v) is 17.4. The first kappa shape index (κ1) is 28.7. The minimum Gasteiger partial charge on any atom is -0.456 e. The summed E-state index contributed by atoms with van der Waals surface area (Å²) < 4.78 is 8.51. The highest BCUT2D eigenvalue weighted by Crippen LogP contribution is 2.36. The molecule has 11 rings (SSSR count). The van der Waals surface area contributed by atoms with Crippen LogP contribution in [0.5, 0.6) is 0 Å². The molecule has 5 nitrogen and oxygen atoms in total. The molecular formula is C47H28N4O. The highest BCUT2D eigenvalue weighted by Gasteiger charge is 2.17. The molecule has 0 amide bonds. The average molecular weight is 665 g/mol. The zero-order valence-electron chi connectivity index (χ0n) is 27.9. The number of furan rings is 1. The fourth-order valence-electron chi connectivity index (χ4n) is 7.68. The number of aromatic nitrogens is 4. The van der Waals surface area contributed by atoms with E-state index >= 15 is 0 Å². The molecule has 0 unspecified atom stereocenters. The summed E-state index contributed by atoms with van der Waals surface area (Å²) in [4.78, 5) is 15.4. The second-order valence-electron chi connectivity index (χ2n) is 13.3. The van der Waals surface area contributed by atoms with E-state index in [1.54, 1.807) is 0 Å². The molecule has 0 fully saturated rings. The Kier molecular flexibility index (Phi) is 6.18. The van der Waals surface area contributed by atoms with Gasteiger partial charge in [-0.1, -0.05) is 115 Å². The van der Waals surface area contributed by atoms with E-state index in [9.17, 15) is 0 Å². The van der Waals surface area contributed by atoms with Crippen molar-refractivity contribution in [2.24, 2.45) is 0 Å². The van der Waals surface area contributed by atoms with Crippen molar-refractivity contribution in [3.05, 3.63) is 170 Å². The van der Waals surface area contributed by atoms with Crippen LogP contribution in [0, 0.1) is 0 Å². The molecule has 5 heteroatoms. The Morgan fingerprint density at radius 3 is 1.63 bits per heavy atom. The molecule has 52 heavy (non-hydrogen) atoms.